The number of fused-ring (bicyclic) bond motifs is 2. The van der Waals surface area contributed by atoms with Crippen LogP contribution >= 0.6 is 0 Å². The Bertz CT molecular complexity index is 694. The van der Waals surface area contributed by atoms with E-state index in [1.807, 2.05) is 0 Å². The number of Topliss-reactive ketones (excluding diaryl/α,β-unsaturated/α-hetero) is 2. The van der Waals surface area contributed by atoms with Crippen LogP contribution in [0.1, 0.15) is 69.9 Å². The molecule has 1 aliphatic carbocycles. The Morgan fingerprint density at radius 3 is 2.33 bits per heavy atom. The molecule has 0 aromatic heterocycles. The number of rotatable bonds is 5. The Balaban J connectivity index is 1.37. The van der Waals surface area contributed by atoms with Gasteiger partial charge in [-0.3, -0.25) is 14.5 Å². The van der Waals surface area contributed by atoms with Crippen molar-refractivity contribution in [2.24, 2.45) is 17.8 Å². The Morgan fingerprint density at radius 1 is 0.963 bits per heavy atom. The van der Waals surface area contributed by atoms with Gasteiger partial charge >= 0.3 is 0 Å². The molecule has 3 aliphatic rings. The molecule has 4 rings (SSSR count). The lowest BCUT2D eigenvalue weighted by molar-refractivity contribution is -0.127. The molecule has 0 radical (unpaired) electrons. The Kier molecular flexibility index (Phi) is 5.50. The number of carbonyl (C=O) groups is 2. The maximum absolute atomic E-state index is 12.4. The molecule has 3 nitrogen and oxygen atoms in total. The van der Waals surface area contributed by atoms with Gasteiger partial charge in [0, 0.05) is 43.8 Å². The number of hydrogen-bond acceptors (Lipinski definition) is 3. The third-order valence-electron chi connectivity index (χ3n) is 7.17. The smallest absolute Gasteiger partial charge is 0.136 e. The van der Waals surface area contributed by atoms with E-state index in [9.17, 15) is 9.59 Å². The average Bonchev–Trinajstić information content (AvgIpc) is 2.85. The SMILES string of the molecule is CC(C)[C@@H]1CC[C@@H](Cc2cccc(CN3[C@@H]4CC[C@H]3CC(=O)C4)c2)CC1=O. The number of ketones is 2. The number of carbonyl (C=O) groups excluding carboxylic acids is 2. The maximum Gasteiger partial charge on any atom is 0.136 e. The third-order valence-corrected chi connectivity index (χ3v) is 7.17. The van der Waals surface area contributed by atoms with Crippen LogP contribution in [0.4, 0.5) is 0 Å². The second-order valence-corrected chi connectivity index (χ2v) is 9.49. The topological polar surface area (TPSA) is 37.4 Å². The van der Waals surface area contributed by atoms with Gasteiger partial charge in [0.25, 0.3) is 0 Å². The van der Waals surface area contributed by atoms with Crippen molar-refractivity contribution in [3.63, 3.8) is 0 Å². The molecule has 3 heteroatoms. The van der Waals surface area contributed by atoms with E-state index in [4.69, 9.17) is 0 Å². The third kappa shape index (κ3) is 4.18. The quantitative estimate of drug-likeness (QED) is 0.765. The van der Waals surface area contributed by atoms with Crippen molar-refractivity contribution < 1.29 is 9.59 Å². The summed E-state index contributed by atoms with van der Waals surface area (Å²) in [5.41, 5.74) is 2.73. The molecule has 1 saturated carbocycles. The molecule has 0 unspecified atom stereocenters. The lowest BCUT2D eigenvalue weighted by atomic mass is 9.74. The second-order valence-electron chi connectivity index (χ2n) is 9.49. The summed E-state index contributed by atoms with van der Waals surface area (Å²) in [6.45, 7) is 5.32. The van der Waals surface area contributed by atoms with Crippen molar-refractivity contribution in [3.8, 4) is 0 Å². The molecule has 3 fully saturated rings. The maximum atomic E-state index is 12.4. The summed E-state index contributed by atoms with van der Waals surface area (Å²) < 4.78 is 0. The van der Waals surface area contributed by atoms with Crippen molar-refractivity contribution in [3.05, 3.63) is 35.4 Å². The summed E-state index contributed by atoms with van der Waals surface area (Å²) >= 11 is 0. The minimum absolute atomic E-state index is 0.282. The summed E-state index contributed by atoms with van der Waals surface area (Å²) in [5, 5.41) is 0. The van der Waals surface area contributed by atoms with Crippen LogP contribution < -0.4 is 0 Å². The van der Waals surface area contributed by atoms with Gasteiger partial charge in [0.15, 0.2) is 0 Å². The van der Waals surface area contributed by atoms with Gasteiger partial charge in [0.05, 0.1) is 0 Å². The van der Waals surface area contributed by atoms with E-state index < -0.39 is 0 Å². The lowest BCUT2D eigenvalue weighted by Gasteiger charge is -2.34. The van der Waals surface area contributed by atoms with Crippen LogP contribution in [0.2, 0.25) is 0 Å². The first-order valence-electron chi connectivity index (χ1n) is 10.9. The van der Waals surface area contributed by atoms with Gasteiger partial charge < -0.3 is 0 Å². The highest BCUT2D eigenvalue weighted by Gasteiger charge is 2.39. The van der Waals surface area contributed by atoms with E-state index in [1.165, 1.54) is 30.4 Å². The molecule has 0 amide bonds. The molecular weight excluding hydrogens is 334 g/mol. The largest absolute Gasteiger partial charge is 0.300 e. The van der Waals surface area contributed by atoms with Gasteiger partial charge in [-0.05, 0) is 55.1 Å². The van der Waals surface area contributed by atoms with E-state index in [0.717, 1.165) is 38.6 Å². The van der Waals surface area contributed by atoms with E-state index in [-0.39, 0.29) is 5.92 Å². The average molecular weight is 368 g/mol. The normalized spacial score (nSPS) is 31.7. The molecule has 4 atom stereocenters. The number of benzene rings is 1. The summed E-state index contributed by atoms with van der Waals surface area (Å²) in [7, 11) is 0. The highest BCUT2D eigenvalue weighted by atomic mass is 16.1. The van der Waals surface area contributed by atoms with Gasteiger partial charge in [-0.2, -0.15) is 0 Å². The van der Waals surface area contributed by atoms with E-state index in [0.29, 0.717) is 35.5 Å². The zero-order chi connectivity index (χ0) is 19.0. The fraction of sp³-hybridized carbons (Fsp3) is 0.667. The summed E-state index contributed by atoms with van der Waals surface area (Å²) in [4.78, 5) is 26.8. The molecule has 2 saturated heterocycles. The molecule has 0 N–H and O–H groups in total. The van der Waals surface area contributed by atoms with Gasteiger partial charge in [0.1, 0.15) is 11.6 Å². The monoisotopic (exact) mass is 367 g/mol. The lowest BCUT2D eigenvalue weighted by Crippen LogP contribution is -2.42. The standard InChI is InChI=1S/C24H33NO2/c1-16(2)23-9-6-18(12-24(23)27)10-17-4-3-5-19(11-17)15-25-20-7-8-21(25)14-22(26)13-20/h3-5,11,16,18,20-21,23H,6-10,12-15H2,1-2H3/t18-,20-,21+,23-/m0/s1. The van der Waals surface area contributed by atoms with Crippen LogP contribution in [0.15, 0.2) is 24.3 Å². The van der Waals surface area contributed by atoms with Gasteiger partial charge in [-0.25, -0.2) is 0 Å². The van der Waals surface area contributed by atoms with Crippen molar-refractivity contribution in [1.29, 1.82) is 0 Å². The first-order valence-corrected chi connectivity index (χ1v) is 10.9. The molecule has 2 heterocycles. The minimum atomic E-state index is 0.282. The highest BCUT2D eigenvalue weighted by Crippen LogP contribution is 2.36. The van der Waals surface area contributed by atoms with Crippen LogP contribution in [0.3, 0.4) is 0 Å². The molecular formula is C24H33NO2. The molecule has 146 valence electrons. The minimum Gasteiger partial charge on any atom is -0.300 e. The second kappa shape index (κ2) is 7.87. The summed E-state index contributed by atoms with van der Waals surface area (Å²) in [6, 6.07) is 9.88. The Hall–Kier alpha value is -1.48. The van der Waals surface area contributed by atoms with E-state index in [2.05, 4.69) is 43.0 Å². The van der Waals surface area contributed by atoms with Gasteiger partial charge in [0.2, 0.25) is 0 Å². The van der Waals surface area contributed by atoms with Crippen LogP contribution in [0.5, 0.6) is 0 Å². The molecule has 0 spiro atoms. The summed E-state index contributed by atoms with van der Waals surface area (Å²) in [5.74, 6) is 2.20. The number of piperidine rings is 1. The van der Waals surface area contributed by atoms with Crippen LogP contribution in [-0.2, 0) is 22.6 Å². The van der Waals surface area contributed by atoms with Crippen LogP contribution in [0.25, 0.3) is 0 Å². The molecule has 1 aromatic rings. The zero-order valence-corrected chi connectivity index (χ0v) is 16.8. The fourth-order valence-corrected chi connectivity index (χ4v) is 5.71. The molecule has 1 aromatic carbocycles. The first-order chi connectivity index (χ1) is 13.0. The number of nitrogens with zero attached hydrogens (tertiary/aromatic N) is 1. The Morgan fingerprint density at radius 2 is 1.67 bits per heavy atom. The molecule has 2 bridgehead atoms. The fourth-order valence-electron chi connectivity index (χ4n) is 5.71. The van der Waals surface area contributed by atoms with Crippen molar-refractivity contribution in [2.75, 3.05) is 0 Å². The van der Waals surface area contributed by atoms with Crippen molar-refractivity contribution >= 4 is 11.6 Å². The zero-order valence-electron chi connectivity index (χ0n) is 16.8. The predicted octanol–water partition coefficient (Wildman–Crippen LogP) is 4.57. The highest BCUT2D eigenvalue weighted by molar-refractivity contribution is 5.82. The van der Waals surface area contributed by atoms with E-state index in [1.54, 1.807) is 0 Å². The Labute approximate surface area is 163 Å². The number of hydrogen-bond donors (Lipinski definition) is 0. The predicted molar refractivity (Wildman–Crippen MR) is 107 cm³/mol. The van der Waals surface area contributed by atoms with Gasteiger partial charge in [-0.15, -0.1) is 0 Å². The van der Waals surface area contributed by atoms with Crippen molar-refractivity contribution in [1.82, 2.24) is 4.90 Å². The van der Waals surface area contributed by atoms with Crippen LogP contribution in [0, 0.1) is 17.8 Å². The van der Waals surface area contributed by atoms with Crippen molar-refractivity contribution in [2.45, 2.75) is 83.8 Å². The molecule has 2 aliphatic heterocycles. The van der Waals surface area contributed by atoms with E-state index >= 15 is 0 Å². The first kappa shape index (κ1) is 18.9. The van der Waals surface area contributed by atoms with Gasteiger partial charge in [-0.1, -0.05) is 38.1 Å². The molecule has 27 heavy (non-hydrogen) atoms. The summed E-state index contributed by atoms with van der Waals surface area (Å²) in [6.07, 6.45) is 7.87. The van der Waals surface area contributed by atoms with Crippen LogP contribution in [-0.4, -0.2) is 28.6 Å².